The largest absolute Gasteiger partial charge is 0.377 e. The van der Waals surface area contributed by atoms with E-state index in [2.05, 4.69) is 35.1 Å². The third-order valence-electron chi connectivity index (χ3n) is 2.80. The number of halogens is 1. The molecule has 0 amide bonds. The maximum absolute atomic E-state index is 5.68. The van der Waals surface area contributed by atoms with E-state index in [9.17, 15) is 0 Å². The van der Waals surface area contributed by atoms with Crippen LogP contribution in [0.4, 0.5) is 0 Å². The zero-order chi connectivity index (χ0) is 10.4. The van der Waals surface area contributed by atoms with Crippen LogP contribution in [0.3, 0.4) is 0 Å². The van der Waals surface area contributed by atoms with Crippen molar-refractivity contribution in [2.75, 3.05) is 18.5 Å². The fourth-order valence-corrected chi connectivity index (χ4v) is 2.67. The molecule has 3 heteroatoms. The van der Waals surface area contributed by atoms with Gasteiger partial charge in [0.2, 0.25) is 0 Å². The Balaban J connectivity index is 2.17. The Kier molecular flexibility index (Phi) is 5.42. The molecule has 0 bridgehead atoms. The van der Waals surface area contributed by atoms with Crippen LogP contribution >= 0.6 is 15.9 Å². The van der Waals surface area contributed by atoms with Gasteiger partial charge in [-0.15, -0.1) is 0 Å². The minimum Gasteiger partial charge on any atom is -0.377 e. The van der Waals surface area contributed by atoms with Gasteiger partial charge in [-0.2, -0.15) is 0 Å². The lowest BCUT2D eigenvalue weighted by molar-refractivity contribution is 0.0129. The number of nitrogens with one attached hydrogen (secondary N) is 1. The average Bonchev–Trinajstić information content (AvgIpc) is 2.17. The van der Waals surface area contributed by atoms with E-state index in [0.29, 0.717) is 6.10 Å². The van der Waals surface area contributed by atoms with Gasteiger partial charge < -0.3 is 10.1 Å². The van der Waals surface area contributed by atoms with E-state index in [1.807, 2.05) is 0 Å². The first-order valence-electron chi connectivity index (χ1n) is 5.57. The van der Waals surface area contributed by atoms with E-state index in [1.165, 1.54) is 19.3 Å². The second kappa shape index (κ2) is 6.09. The zero-order valence-corrected chi connectivity index (χ0v) is 10.9. The third-order valence-corrected chi connectivity index (χ3v) is 3.20. The van der Waals surface area contributed by atoms with Gasteiger partial charge in [-0.3, -0.25) is 0 Å². The summed E-state index contributed by atoms with van der Waals surface area (Å²) in [5.74, 6) is 0. The van der Waals surface area contributed by atoms with Crippen LogP contribution in [0, 0.1) is 0 Å². The Hall–Kier alpha value is 0.400. The van der Waals surface area contributed by atoms with Gasteiger partial charge in [0, 0.05) is 24.0 Å². The fourth-order valence-electron chi connectivity index (χ4n) is 1.68. The number of hydrogen-bond acceptors (Lipinski definition) is 2. The lowest BCUT2D eigenvalue weighted by atomic mass is 10.0. The first-order valence-corrected chi connectivity index (χ1v) is 6.69. The molecule has 1 heterocycles. The summed E-state index contributed by atoms with van der Waals surface area (Å²) in [6.07, 6.45) is 5.38. The molecule has 1 rings (SSSR count). The van der Waals surface area contributed by atoms with Crippen LogP contribution in [0.25, 0.3) is 0 Å². The predicted octanol–water partition coefficient (Wildman–Crippen LogP) is 2.71. The first kappa shape index (κ1) is 12.5. The van der Waals surface area contributed by atoms with Crippen molar-refractivity contribution in [2.45, 2.75) is 51.2 Å². The van der Waals surface area contributed by atoms with Crippen molar-refractivity contribution < 1.29 is 4.74 Å². The van der Waals surface area contributed by atoms with E-state index >= 15 is 0 Å². The van der Waals surface area contributed by atoms with Gasteiger partial charge in [0.25, 0.3) is 0 Å². The minimum atomic E-state index is 0.226. The van der Waals surface area contributed by atoms with Crippen LogP contribution in [0.1, 0.15) is 39.5 Å². The summed E-state index contributed by atoms with van der Waals surface area (Å²) in [4.78, 5) is 0. The van der Waals surface area contributed by atoms with Crippen molar-refractivity contribution in [3.8, 4) is 0 Å². The molecule has 1 atom stereocenters. The van der Waals surface area contributed by atoms with Crippen molar-refractivity contribution >= 4 is 15.9 Å². The van der Waals surface area contributed by atoms with Crippen molar-refractivity contribution in [3.63, 3.8) is 0 Å². The van der Waals surface area contributed by atoms with E-state index < -0.39 is 0 Å². The quantitative estimate of drug-likeness (QED) is 0.771. The van der Waals surface area contributed by atoms with Crippen molar-refractivity contribution in [1.82, 2.24) is 5.32 Å². The van der Waals surface area contributed by atoms with Gasteiger partial charge in [-0.25, -0.2) is 0 Å². The summed E-state index contributed by atoms with van der Waals surface area (Å²) in [5, 5.41) is 4.63. The molecule has 1 aliphatic rings. The first-order chi connectivity index (χ1) is 6.64. The zero-order valence-electron chi connectivity index (χ0n) is 9.31. The van der Waals surface area contributed by atoms with Crippen LogP contribution in [-0.4, -0.2) is 30.1 Å². The Bertz CT molecular complexity index is 155. The Labute approximate surface area is 95.9 Å². The van der Waals surface area contributed by atoms with Gasteiger partial charge in [0.1, 0.15) is 0 Å². The van der Waals surface area contributed by atoms with Gasteiger partial charge in [-0.05, 0) is 39.5 Å². The standard InChI is InChI=1S/C11H22BrNO/c1-11(2,6-7-12)13-9-10-5-3-4-8-14-10/h10,13H,3-9H2,1-2H3. The number of ether oxygens (including phenoxy) is 1. The maximum Gasteiger partial charge on any atom is 0.0699 e. The van der Waals surface area contributed by atoms with Crippen molar-refractivity contribution in [2.24, 2.45) is 0 Å². The lowest BCUT2D eigenvalue weighted by Crippen LogP contribution is -2.44. The Morgan fingerprint density at radius 3 is 2.79 bits per heavy atom. The molecular formula is C11H22BrNO. The third kappa shape index (κ3) is 4.76. The Morgan fingerprint density at radius 2 is 2.21 bits per heavy atom. The van der Waals surface area contributed by atoms with Crippen LogP contribution in [0.15, 0.2) is 0 Å². The monoisotopic (exact) mass is 263 g/mol. The molecular weight excluding hydrogens is 242 g/mol. The molecule has 0 aromatic carbocycles. The highest BCUT2D eigenvalue weighted by Crippen LogP contribution is 2.14. The average molecular weight is 264 g/mol. The van der Waals surface area contributed by atoms with E-state index in [0.717, 1.165) is 24.9 Å². The highest BCUT2D eigenvalue weighted by molar-refractivity contribution is 9.09. The van der Waals surface area contributed by atoms with Crippen LogP contribution in [0.5, 0.6) is 0 Å². The minimum absolute atomic E-state index is 0.226. The second-order valence-corrected chi connectivity index (χ2v) is 5.49. The lowest BCUT2D eigenvalue weighted by Gasteiger charge is -2.30. The molecule has 1 unspecified atom stereocenters. The van der Waals surface area contributed by atoms with Crippen LogP contribution < -0.4 is 5.32 Å². The summed E-state index contributed by atoms with van der Waals surface area (Å²) < 4.78 is 5.68. The van der Waals surface area contributed by atoms with Crippen molar-refractivity contribution in [3.05, 3.63) is 0 Å². The van der Waals surface area contributed by atoms with E-state index in [4.69, 9.17) is 4.74 Å². The molecule has 1 aliphatic heterocycles. The van der Waals surface area contributed by atoms with Crippen LogP contribution in [-0.2, 0) is 4.74 Å². The molecule has 0 spiro atoms. The SMILES string of the molecule is CC(C)(CCBr)NCC1CCCCO1. The second-order valence-electron chi connectivity index (χ2n) is 4.69. The molecule has 0 saturated carbocycles. The fraction of sp³-hybridized carbons (Fsp3) is 1.00. The van der Waals surface area contributed by atoms with E-state index in [-0.39, 0.29) is 5.54 Å². The molecule has 2 nitrogen and oxygen atoms in total. The molecule has 0 aromatic heterocycles. The molecule has 0 aliphatic carbocycles. The number of hydrogen-bond donors (Lipinski definition) is 1. The Morgan fingerprint density at radius 1 is 1.43 bits per heavy atom. The molecule has 1 saturated heterocycles. The summed E-state index contributed by atoms with van der Waals surface area (Å²) in [5.41, 5.74) is 0.226. The summed E-state index contributed by atoms with van der Waals surface area (Å²) in [7, 11) is 0. The summed E-state index contributed by atoms with van der Waals surface area (Å²) in [6, 6.07) is 0. The molecule has 0 radical (unpaired) electrons. The highest BCUT2D eigenvalue weighted by Gasteiger charge is 2.20. The van der Waals surface area contributed by atoms with Gasteiger partial charge in [-0.1, -0.05) is 15.9 Å². The topological polar surface area (TPSA) is 21.3 Å². The highest BCUT2D eigenvalue weighted by atomic mass is 79.9. The molecule has 84 valence electrons. The van der Waals surface area contributed by atoms with Crippen molar-refractivity contribution in [1.29, 1.82) is 0 Å². The molecule has 1 N–H and O–H groups in total. The predicted molar refractivity (Wildman–Crippen MR) is 64.1 cm³/mol. The van der Waals surface area contributed by atoms with Gasteiger partial charge in [0.05, 0.1) is 6.10 Å². The summed E-state index contributed by atoms with van der Waals surface area (Å²) in [6.45, 7) is 6.44. The van der Waals surface area contributed by atoms with Crippen LogP contribution in [0.2, 0.25) is 0 Å². The number of alkyl halides is 1. The van der Waals surface area contributed by atoms with Gasteiger partial charge >= 0.3 is 0 Å². The smallest absolute Gasteiger partial charge is 0.0699 e. The molecule has 14 heavy (non-hydrogen) atoms. The van der Waals surface area contributed by atoms with Gasteiger partial charge in [0.15, 0.2) is 0 Å². The summed E-state index contributed by atoms with van der Waals surface area (Å²) >= 11 is 3.48. The maximum atomic E-state index is 5.68. The molecule has 0 aromatic rings. The number of rotatable bonds is 5. The normalized spacial score (nSPS) is 23.8. The van der Waals surface area contributed by atoms with E-state index in [1.54, 1.807) is 0 Å². The molecule has 1 fully saturated rings.